The van der Waals surface area contributed by atoms with Gasteiger partial charge in [-0.3, -0.25) is 4.79 Å². The van der Waals surface area contributed by atoms with E-state index in [0.717, 1.165) is 17.7 Å². The number of aliphatic imine (C=N–C) groups is 1. The normalized spacial score (nSPS) is 11.9. The molecule has 0 saturated carbocycles. The Morgan fingerprint density at radius 3 is 2.37 bits per heavy atom. The van der Waals surface area contributed by atoms with Crippen LogP contribution >= 0.6 is 0 Å². The fourth-order valence-corrected chi connectivity index (χ4v) is 2.33. The first-order valence-corrected chi connectivity index (χ1v) is 8.36. The predicted molar refractivity (Wildman–Crippen MR) is 98.1 cm³/mol. The minimum absolute atomic E-state index is 0.111. The molecule has 0 saturated heterocycles. The van der Waals surface area contributed by atoms with Gasteiger partial charge in [0.25, 0.3) is 0 Å². The number of alkyl halides is 3. The summed E-state index contributed by atoms with van der Waals surface area (Å²) in [7, 11) is 0. The highest BCUT2D eigenvalue weighted by Crippen LogP contribution is 2.29. The second-order valence-electron chi connectivity index (χ2n) is 5.81. The summed E-state index contributed by atoms with van der Waals surface area (Å²) in [5.41, 5.74) is 6.30. The molecule has 0 aliphatic heterocycles. The van der Waals surface area contributed by atoms with Crippen molar-refractivity contribution in [2.24, 2.45) is 10.7 Å². The molecule has 1 amide bonds. The summed E-state index contributed by atoms with van der Waals surface area (Å²) < 4.78 is 38.4. The molecule has 0 unspecified atom stereocenters. The Hall–Kier alpha value is -3.03. The van der Waals surface area contributed by atoms with Gasteiger partial charge in [-0.05, 0) is 42.3 Å². The fourth-order valence-electron chi connectivity index (χ4n) is 2.33. The zero-order valence-corrected chi connectivity index (χ0v) is 14.8. The molecule has 0 bridgehead atoms. The van der Waals surface area contributed by atoms with Gasteiger partial charge in [0.1, 0.15) is 0 Å². The summed E-state index contributed by atoms with van der Waals surface area (Å²) in [6.07, 6.45) is -4.38. The standard InChI is InChI=1S/C19H21F3N4O/c1-2-24-18(25-11-13-6-8-15(9-7-13)17(23)27)26-12-14-4-3-5-16(10-14)19(20,21)22/h3-10H,2,11-12H2,1H3,(H2,23,27)(H2,24,25,26). The lowest BCUT2D eigenvalue weighted by Crippen LogP contribution is -2.36. The zero-order chi connectivity index (χ0) is 19.9. The van der Waals surface area contributed by atoms with Crippen LogP contribution in [-0.2, 0) is 19.3 Å². The van der Waals surface area contributed by atoms with E-state index < -0.39 is 17.6 Å². The summed E-state index contributed by atoms with van der Waals surface area (Å²) in [6.45, 7) is 3.05. The maximum absolute atomic E-state index is 12.8. The van der Waals surface area contributed by atoms with Crippen molar-refractivity contribution >= 4 is 11.9 Å². The van der Waals surface area contributed by atoms with Crippen LogP contribution in [0.15, 0.2) is 53.5 Å². The van der Waals surface area contributed by atoms with E-state index in [-0.39, 0.29) is 6.54 Å². The zero-order valence-electron chi connectivity index (χ0n) is 14.8. The number of nitrogens with zero attached hydrogens (tertiary/aromatic N) is 1. The molecule has 0 spiro atoms. The maximum atomic E-state index is 12.8. The number of rotatable bonds is 6. The second kappa shape index (κ2) is 9.07. The SMILES string of the molecule is CCNC(=NCc1cccc(C(F)(F)F)c1)NCc1ccc(C(N)=O)cc1. The molecular weight excluding hydrogens is 357 g/mol. The second-order valence-corrected chi connectivity index (χ2v) is 5.81. The monoisotopic (exact) mass is 378 g/mol. The number of halogens is 3. The molecule has 2 aromatic rings. The van der Waals surface area contributed by atoms with Crippen LogP contribution in [-0.4, -0.2) is 18.4 Å². The molecule has 144 valence electrons. The Morgan fingerprint density at radius 2 is 1.78 bits per heavy atom. The topological polar surface area (TPSA) is 79.5 Å². The van der Waals surface area contributed by atoms with E-state index in [1.807, 2.05) is 6.92 Å². The lowest BCUT2D eigenvalue weighted by molar-refractivity contribution is -0.137. The van der Waals surface area contributed by atoms with Gasteiger partial charge in [0.15, 0.2) is 5.96 Å². The molecule has 2 aromatic carbocycles. The number of carbonyl (C=O) groups is 1. The molecule has 0 aromatic heterocycles. The Morgan fingerprint density at radius 1 is 1.07 bits per heavy atom. The van der Waals surface area contributed by atoms with Gasteiger partial charge in [-0.25, -0.2) is 4.99 Å². The van der Waals surface area contributed by atoms with Crippen LogP contribution in [0, 0.1) is 0 Å². The molecule has 5 nitrogen and oxygen atoms in total. The van der Waals surface area contributed by atoms with Crippen LogP contribution in [0.5, 0.6) is 0 Å². The summed E-state index contributed by atoms with van der Waals surface area (Å²) in [6, 6.07) is 11.9. The first kappa shape index (κ1) is 20.3. The van der Waals surface area contributed by atoms with Crippen LogP contribution in [0.25, 0.3) is 0 Å². The van der Waals surface area contributed by atoms with Crippen LogP contribution < -0.4 is 16.4 Å². The first-order valence-electron chi connectivity index (χ1n) is 8.36. The van der Waals surface area contributed by atoms with Gasteiger partial charge in [0.05, 0.1) is 12.1 Å². The van der Waals surface area contributed by atoms with E-state index >= 15 is 0 Å². The van der Waals surface area contributed by atoms with Crippen molar-refractivity contribution in [2.75, 3.05) is 6.54 Å². The highest BCUT2D eigenvalue weighted by molar-refractivity contribution is 5.92. The van der Waals surface area contributed by atoms with E-state index in [2.05, 4.69) is 15.6 Å². The van der Waals surface area contributed by atoms with Gasteiger partial charge in [-0.1, -0.05) is 24.3 Å². The van der Waals surface area contributed by atoms with Crippen molar-refractivity contribution in [3.63, 3.8) is 0 Å². The number of nitrogens with one attached hydrogen (secondary N) is 2. The highest BCUT2D eigenvalue weighted by Gasteiger charge is 2.30. The number of amides is 1. The number of nitrogens with two attached hydrogens (primary N) is 1. The van der Waals surface area contributed by atoms with E-state index in [4.69, 9.17) is 5.73 Å². The third-order valence-electron chi connectivity index (χ3n) is 3.72. The minimum atomic E-state index is -4.38. The largest absolute Gasteiger partial charge is 0.416 e. The number of hydrogen-bond donors (Lipinski definition) is 3. The maximum Gasteiger partial charge on any atom is 0.416 e. The third kappa shape index (κ3) is 6.32. The lowest BCUT2D eigenvalue weighted by Gasteiger charge is -2.12. The quantitative estimate of drug-likeness (QED) is 0.534. The Balaban J connectivity index is 2.02. The van der Waals surface area contributed by atoms with Gasteiger partial charge in [0.2, 0.25) is 5.91 Å². The average Bonchev–Trinajstić information content (AvgIpc) is 2.64. The minimum Gasteiger partial charge on any atom is -0.366 e. The number of primary amides is 1. The summed E-state index contributed by atoms with van der Waals surface area (Å²) >= 11 is 0. The van der Waals surface area contributed by atoms with E-state index in [1.54, 1.807) is 30.3 Å². The van der Waals surface area contributed by atoms with Gasteiger partial charge in [-0.15, -0.1) is 0 Å². The summed E-state index contributed by atoms with van der Waals surface area (Å²) in [5, 5.41) is 6.14. The van der Waals surface area contributed by atoms with Gasteiger partial charge in [0, 0.05) is 18.7 Å². The molecule has 0 aliphatic rings. The Kier molecular flexibility index (Phi) is 6.81. The van der Waals surface area contributed by atoms with Crippen LogP contribution in [0.1, 0.15) is 34.0 Å². The molecule has 0 aliphatic carbocycles. The lowest BCUT2D eigenvalue weighted by atomic mass is 10.1. The summed E-state index contributed by atoms with van der Waals surface area (Å²) in [4.78, 5) is 15.4. The van der Waals surface area contributed by atoms with Crippen molar-refractivity contribution in [1.29, 1.82) is 0 Å². The molecule has 0 radical (unpaired) electrons. The highest BCUT2D eigenvalue weighted by atomic mass is 19.4. The predicted octanol–water partition coefficient (Wildman–Crippen LogP) is 3.06. The Bertz CT molecular complexity index is 801. The molecule has 27 heavy (non-hydrogen) atoms. The molecule has 8 heteroatoms. The van der Waals surface area contributed by atoms with Gasteiger partial charge >= 0.3 is 6.18 Å². The fraction of sp³-hybridized carbons (Fsp3) is 0.263. The first-order chi connectivity index (χ1) is 12.8. The Labute approximate surface area is 155 Å². The third-order valence-corrected chi connectivity index (χ3v) is 3.72. The smallest absolute Gasteiger partial charge is 0.366 e. The van der Waals surface area contributed by atoms with Crippen LogP contribution in [0.2, 0.25) is 0 Å². The van der Waals surface area contributed by atoms with Crippen molar-refractivity contribution < 1.29 is 18.0 Å². The van der Waals surface area contributed by atoms with Gasteiger partial charge < -0.3 is 16.4 Å². The number of guanidine groups is 1. The molecule has 0 heterocycles. The van der Waals surface area contributed by atoms with Crippen molar-refractivity contribution in [1.82, 2.24) is 10.6 Å². The van der Waals surface area contributed by atoms with E-state index in [0.29, 0.717) is 30.2 Å². The van der Waals surface area contributed by atoms with E-state index in [9.17, 15) is 18.0 Å². The van der Waals surface area contributed by atoms with E-state index in [1.165, 1.54) is 6.07 Å². The number of benzene rings is 2. The van der Waals surface area contributed by atoms with Crippen molar-refractivity contribution in [3.8, 4) is 0 Å². The summed E-state index contributed by atoms with van der Waals surface area (Å²) in [5.74, 6) is -0.0145. The molecule has 4 N–H and O–H groups in total. The van der Waals surface area contributed by atoms with Gasteiger partial charge in [-0.2, -0.15) is 13.2 Å². The van der Waals surface area contributed by atoms with Crippen molar-refractivity contribution in [3.05, 3.63) is 70.8 Å². The number of hydrogen-bond acceptors (Lipinski definition) is 2. The number of carbonyl (C=O) groups excluding carboxylic acids is 1. The van der Waals surface area contributed by atoms with Crippen LogP contribution in [0.4, 0.5) is 13.2 Å². The van der Waals surface area contributed by atoms with Crippen LogP contribution in [0.3, 0.4) is 0 Å². The molecular formula is C19H21F3N4O. The van der Waals surface area contributed by atoms with Crippen molar-refractivity contribution in [2.45, 2.75) is 26.2 Å². The molecule has 0 atom stereocenters. The molecule has 2 rings (SSSR count). The molecule has 0 fully saturated rings. The average molecular weight is 378 g/mol.